The first-order valence-corrected chi connectivity index (χ1v) is 6.59. The van der Waals surface area contributed by atoms with Gasteiger partial charge < -0.3 is 14.7 Å². The number of aliphatic hydroxyl groups is 1. The van der Waals surface area contributed by atoms with Crippen LogP contribution in [0, 0.1) is 10.1 Å². The van der Waals surface area contributed by atoms with Crippen LogP contribution in [-0.2, 0) is 0 Å². The molecule has 0 fully saturated rings. The standard InChI is InChI=1S/C14H22N2O4/c1-5-8-20-13-9-11(6-7-12(13)16(18)19)15(4)14(2,3)10-17/h6-7,9,17H,5,8,10H2,1-4H3. The highest BCUT2D eigenvalue weighted by Crippen LogP contribution is 2.33. The van der Waals surface area contributed by atoms with Gasteiger partial charge in [-0.25, -0.2) is 0 Å². The lowest BCUT2D eigenvalue weighted by Crippen LogP contribution is -2.44. The second kappa shape index (κ2) is 6.56. The van der Waals surface area contributed by atoms with Crippen molar-refractivity contribution in [2.75, 3.05) is 25.2 Å². The van der Waals surface area contributed by atoms with E-state index in [4.69, 9.17) is 4.74 Å². The van der Waals surface area contributed by atoms with Gasteiger partial charge in [0.1, 0.15) is 0 Å². The molecule has 0 aromatic heterocycles. The smallest absolute Gasteiger partial charge is 0.311 e. The van der Waals surface area contributed by atoms with Crippen LogP contribution in [0.3, 0.4) is 0 Å². The molecule has 6 nitrogen and oxygen atoms in total. The monoisotopic (exact) mass is 282 g/mol. The molecule has 0 amide bonds. The molecule has 0 aliphatic rings. The molecule has 20 heavy (non-hydrogen) atoms. The fourth-order valence-electron chi connectivity index (χ4n) is 1.65. The number of rotatable bonds is 7. The van der Waals surface area contributed by atoms with Crippen molar-refractivity contribution >= 4 is 11.4 Å². The van der Waals surface area contributed by atoms with E-state index >= 15 is 0 Å². The zero-order valence-corrected chi connectivity index (χ0v) is 12.4. The molecule has 0 spiro atoms. The summed E-state index contributed by atoms with van der Waals surface area (Å²) >= 11 is 0. The normalized spacial score (nSPS) is 11.2. The number of hydrogen-bond acceptors (Lipinski definition) is 5. The Hall–Kier alpha value is -1.82. The Morgan fingerprint density at radius 3 is 2.60 bits per heavy atom. The summed E-state index contributed by atoms with van der Waals surface area (Å²) in [5.41, 5.74) is 0.260. The van der Waals surface area contributed by atoms with Crippen molar-refractivity contribution in [3.8, 4) is 5.75 Å². The second-order valence-corrected chi connectivity index (χ2v) is 5.29. The fourth-order valence-corrected chi connectivity index (χ4v) is 1.65. The molecule has 0 saturated heterocycles. The summed E-state index contributed by atoms with van der Waals surface area (Å²) in [5, 5.41) is 20.4. The van der Waals surface area contributed by atoms with Gasteiger partial charge in [-0.15, -0.1) is 0 Å². The first-order valence-electron chi connectivity index (χ1n) is 6.59. The maximum Gasteiger partial charge on any atom is 0.311 e. The van der Waals surface area contributed by atoms with Crippen LogP contribution in [0.4, 0.5) is 11.4 Å². The van der Waals surface area contributed by atoms with Gasteiger partial charge in [-0.05, 0) is 26.3 Å². The van der Waals surface area contributed by atoms with Gasteiger partial charge in [-0.3, -0.25) is 10.1 Å². The Balaban J connectivity index is 3.14. The molecule has 0 unspecified atom stereocenters. The average Bonchev–Trinajstić information content (AvgIpc) is 2.43. The third-order valence-corrected chi connectivity index (χ3v) is 3.28. The van der Waals surface area contributed by atoms with Gasteiger partial charge in [-0.2, -0.15) is 0 Å². The maximum absolute atomic E-state index is 11.0. The van der Waals surface area contributed by atoms with Crippen LogP contribution in [0.5, 0.6) is 5.75 Å². The Bertz CT molecular complexity index is 474. The van der Waals surface area contributed by atoms with Crippen molar-refractivity contribution in [1.82, 2.24) is 0 Å². The molecule has 0 atom stereocenters. The number of nitrogens with zero attached hydrogens (tertiary/aromatic N) is 2. The van der Waals surface area contributed by atoms with E-state index in [1.54, 1.807) is 12.1 Å². The number of nitro groups is 1. The van der Waals surface area contributed by atoms with Crippen molar-refractivity contribution < 1.29 is 14.8 Å². The molecule has 0 aliphatic heterocycles. The quantitative estimate of drug-likeness (QED) is 0.614. The van der Waals surface area contributed by atoms with Crippen molar-refractivity contribution in [2.24, 2.45) is 0 Å². The van der Waals surface area contributed by atoms with Crippen LogP contribution >= 0.6 is 0 Å². The lowest BCUT2D eigenvalue weighted by Gasteiger charge is -2.36. The van der Waals surface area contributed by atoms with Crippen LogP contribution in [0.1, 0.15) is 27.2 Å². The third-order valence-electron chi connectivity index (χ3n) is 3.28. The van der Waals surface area contributed by atoms with Crippen LogP contribution in [-0.4, -0.2) is 35.8 Å². The van der Waals surface area contributed by atoms with Crippen LogP contribution < -0.4 is 9.64 Å². The van der Waals surface area contributed by atoms with Gasteiger partial charge in [0, 0.05) is 24.9 Å². The highest BCUT2D eigenvalue weighted by molar-refractivity contribution is 5.60. The van der Waals surface area contributed by atoms with Gasteiger partial charge in [0.05, 0.1) is 23.7 Å². The predicted molar refractivity (Wildman–Crippen MR) is 78.5 cm³/mol. The molecule has 0 heterocycles. The number of benzene rings is 1. The molecule has 1 N–H and O–H groups in total. The van der Waals surface area contributed by atoms with Crippen molar-refractivity contribution in [2.45, 2.75) is 32.7 Å². The van der Waals surface area contributed by atoms with E-state index in [2.05, 4.69) is 0 Å². The average molecular weight is 282 g/mol. The van der Waals surface area contributed by atoms with E-state index in [1.807, 2.05) is 32.7 Å². The highest BCUT2D eigenvalue weighted by atomic mass is 16.6. The first-order chi connectivity index (χ1) is 9.33. The molecule has 0 bridgehead atoms. The zero-order chi connectivity index (χ0) is 15.3. The van der Waals surface area contributed by atoms with E-state index in [0.717, 1.165) is 12.1 Å². The van der Waals surface area contributed by atoms with Crippen molar-refractivity contribution in [3.05, 3.63) is 28.3 Å². The Labute approximate surface area is 119 Å². The predicted octanol–water partition coefficient (Wildman–Crippen LogP) is 2.59. The minimum Gasteiger partial charge on any atom is -0.487 e. The van der Waals surface area contributed by atoms with E-state index in [-0.39, 0.29) is 18.0 Å². The van der Waals surface area contributed by atoms with Crippen LogP contribution in [0.2, 0.25) is 0 Å². The molecule has 0 aliphatic carbocycles. The molecule has 0 saturated carbocycles. The summed E-state index contributed by atoms with van der Waals surface area (Å²) in [4.78, 5) is 12.4. The molecular weight excluding hydrogens is 260 g/mol. The molecular formula is C14H22N2O4. The summed E-state index contributed by atoms with van der Waals surface area (Å²) in [5.74, 6) is 0.259. The number of hydrogen-bond donors (Lipinski definition) is 1. The van der Waals surface area contributed by atoms with Crippen LogP contribution in [0.15, 0.2) is 18.2 Å². The zero-order valence-electron chi connectivity index (χ0n) is 12.4. The van der Waals surface area contributed by atoms with Crippen molar-refractivity contribution in [1.29, 1.82) is 0 Å². The maximum atomic E-state index is 11.0. The molecule has 112 valence electrons. The van der Waals surface area contributed by atoms with E-state index in [0.29, 0.717) is 6.61 Å². The summed E-state index contributed by atoms with van der Waals surface area (Å²) in [6, 6.07) is 4.74. The van der Waals surface area contributed by atoms with Gasteiger partial charge in [0.15, 0.2) is 5.75 Å². The van der Waals surface area contributed by atoms with Crippen molar-refractivity contribution in [3.63, 3.8) is 0 Å². The van der Waals surface area contributed by atoms with Crippen LogP contribution in [0.25, 0.3) is 0 Å². The van der Waals surface area contributed by atoms with Gasteiger partial charge >= 0.3 is 5.69 Å². The number of nitro benzene ring substituents is 1. The minimum absolute atomic E-state index is 0.0222. The summed E-state index contributed by atoms with van der Waals surface area (Å²) in [6.07, 6.45) is 0.777. The van der Waals surface area contributed by atoms with E-state index < -0.39 is 10.5 Å². The van der Waals surface area contributed by atoms with Gasteiger partial charge in [0.25, 0.3) is 0 Å². The Kier molecular flexibility index (Phi) is 5.33. The largest absolute Gasteiger partial charge is 0.487 e. The first kappa shape index (κ1) is 16.2. The molecule has 0 radical (unpaired) electrons. The summed E-state index contributed by atoms with van der Waals surface area (Å²) in [7, 11) is 1.83. The number of aliphatic hydroxyl groups excluding tert-OH is 1. The van der Waals surface area contributed by atoms with E-state index in [1.165, 1.54) is 6.07 Å². The molecule has 1 rings (SSSR count). The lowest BCUT2D eigenvalue weighted by atomic mass is 10.0. The Morgan fingerprint density at radius 1 is 1.45 bits per heavy atom. The van der Waals surface area contributed by atoms with Gasteiger partial charge in [0.2, 0.25) is 0 Å². The third kappa shape index (κ3) is 3.60. The molecule has 1 aromatic rings. The topological polar surface area (TPSA) is 75.8 Å². The lowest BCUT2D eigenvalue weighted by molar-refractivity contribution is -0.385. The molecule has 1 aromatic carbocycles. The Morgan fingerprint density at radius 2 is 2.10 bits per heavy atom. The SMILES string of the molecule is CCCOc1cc(N(C)C(C)(C)CO)ccc1[N+](=O)[O-]. The number of likely N-dealkylation sites (N-methyl/N-ethyl adjacent to an activating group) is 1. The number of anilines is 1. The highest BCUT2D eigenvalue weighted by Gasteiger charge is 2.25. The minimum atomic E-state index is -0.460. The van der Waals surface area contributed by atoms with E-state index in [9.17, 15) is 15.2 Å². The second-order valence-electron chi connectivity index (χ2n) is 5.29. The number of ether oxygens (including phenoxy) is 1. The fraction of sp³-hybridized carbons (Fsp3) is 0.571. The summed E-state index contributed by atoms with van der Waals surface area (Å²) in [6.45, 7) is 6.13. The summed E-state index contributed by atoms with van der Waals surface area (Å²) < 4.78 is 5.45. The molecule has 6 heteroatoms. The van der Waals surface area contributed by atoms with Gasteiger partial charge in [-0.1, -0.05) is 6.92 Å².